The summed E-state index contributed by atoms with van der Waals surface area (Å²) in [5.41, 5.74) is 8.75. The third-order valence-electron chi connectivity index (χ3n) is 7.07. The Hall–Kier alpha value is -5.07. The molecule has 5 rings (SSSR count). The Labute approximate surface area is 231 Å². The number of benzene rings is 2. The van der Waals surface area contributed by atoms with E-state index in [1.165, 1.54) is 18.5 Å². The number of nitrogens with two attached hydrogens (primary N) is 1. The van der Waals surface area contributed by atoms with Crippen molar-refractivity contribution in [2.75, 3.05) is 18.4 Å². The summed E-state index contributed by atoms with van der Waals surface area (Å²) in [5, 5.41) is 23.5. The van der Waals surface area contributed by atoms with Crippen molar-refractivity contribution in [2.24, 2.45) is 5.73 Å². The van der Waals surface area contributed by atoms with Gasteiger partial charge in [0.05, 0.1) is 5.69 Å². The molecule has 1 aliphatic rings. The summed E-state index contributed by atoms with van der Waals surface area (Å²) in [5.74, 6) is -0.541. The number of piperidine rings is 1. The lowest BCUT2D eigenvalue weighted by molar-refractivity contribution is 0.0623. The molecule has 1 saturated heterocycles. The van der Waals surface area contributed by atoms with Crippen LogP contribution >= 0.6 is 0 Å². The van der Waals surface area contributed by atoms with Crippen LogP contribution in [0.4, 0.5) is 5.82 Å². The second kappa shape index (κ2) is 11.8. The predicted molar refractivity (Wildman–Crippen MR) is 151 cm³/mol. The van der Waals surface area contributed by atoms with Crippen molar-refractivity contribution in [2.45, 2.75) is 25.3 Å². The standard InChI is InChI=1S/C31H28N6O3/c32-18-23-8-3-4-15-37(23)31(40)22-7-5-6-21(16-22)25-17-27(24-9-1-2-10-28(24)38)35-29(26(25)19-33)36-30(39)20-11-13-34-14-12-20/h1-2,5-7,9-14,16-17,23,38H,3-4,8,15,18,32H2,(H,35,36,39). The van der Waals surface area contributed by atoms with Gasteiger partial charge in [0, 0.05) is 53.8 Å². The highest BCUT2D eigenvalue weighted by Crippen LogP contribution is 2.36. The molecule has 2 aromatic carbocycles. The molecule has 9 heteroatoms. The topological polar surface area (TPSA) is 145 Å². The van der Waals surface area contributed by atoms with Gasteiger partial charge in [0.15, 0.2) is 5.82 Å². The number of likely N-dealkylation sites (tertiary alicyclic amines) is 1. The molecule has 2 aromatic heterocycles. The Morgan fingerprint density at radius 1 is 1.02 bits per heavy atom. The number of anilines is 1. The first-order chi connectivity index (χ1) is 19.5. The number of aromatic hydroxyl groups is 1. The van der Waals surface area contributed by atoms with Crippen molar-refractivity contribution in [1.29, 1.82) is 5.26 Å². The van der Waals surface area contributed by atoms with Crippen LogP contribution in [0.1, 0.15) is 45.5 Å². The van der Waals surface area contributed by atoms with Gasteiger partial charge in [-0.1, -0.05) is 24.3 Å². The number of nitrogens with one attached hydrogen (secondary N) is 1. The summed E-state index contributed by atoms with van der Waals surface area (Å²) in [7, 11) is 0. The first kappa shape index (κ1) is 26.5. The number of rotatable bonds is 6. The molecule has 0 spiro atoms. The summed E-state index contributed by atoms with van der Waals surface area (Å²) in [4.78, 5) is 36.9. The van der Waals surface area contributed by atoms with E-state index in [0.29, 0.717) is 46.6 Å². The van der Waals surface area contributed by atoms with Crippen molar-refractivity contribution in [3.63, 3.8) is 0 Å². The van der Waals surface area contributed by atoms with Gasteiger partial charge in [-0.25, -0.2) is 4.98 Å². The number of phenolic OH excluding ortho intramolecular Hbond substituents is 1. The maximum Gasteiger partial charge on any atom is 0.256 e. The van der Waals surface area contributed by atoms with Gasteiger partial charge in [-0.2, -0.15) is 5.26 Å². The fraction of sp³-hybridized carbons (Fsp3) is 0.194. The van der Waals surface area contributed by atoms with E-state index in [9.17, 15) is 20.0 Å². The Morgan fingerprint density at radius 2 is 1.82 bits per heavy atom. The zero-order valence-corrected chi connectivity index (χ0v) is 21.7. The van der Waals surface area contributed by atoms with Gasteiger partial charge < -0.3 is 21.1 Å². The van der Waals surface area contributed by atoms with Gasteiger partial charge >= 0.3 is 0 Å². The molecule has 4 aromatic rings. The summed E-state index contributed by atoms with van der Waals surface area (Å²) < 4.78 is 0. The zero-order valence-electron chi connectivity index (χ0n) is 21.7. The quantitative estimate of drug-likeness (QED) is 0.329. The van der Waals surface area contributed by atoms with Crippen molar-refractivity contribution in [3.8, 4) is 34.2 Å². The van der Waals surface area contributed by atoms with E-state index in [2.05, 4.69) is 21.4 Å². The maximum atomic E-state index is 13.5. The van der Waals surface area contributed by atoms with Crippen LogP contribution in [0.15, 0.2) is 79.1 Å². The lowest BCUT2D eigenvalue weighted by Gasteiger charge is -2.35. The molecular formula is C31H28N6O3. The van der Waals surface area contributed by atoms with Crippen molar-refractivity contribution >= 4 is 17.6 Å². The minimum atomic E-state index is -0.464. The highest BCUT2D eigenvalue weighted by atomic mass is 16.3. The molecule has 0 radical (unpaired) electrons. The van der Waals surface area contributed by atoms with Gasteiger partial charge in [-0.15, -0.1) is 0 Å². The van der Waals surface area contributed by atoms with E-state index in [4.69, 9.17) is 5.73 Å². The van der Waals surface area contributed by atoms with Gasteiger partial charge in [-0.3, -0.25) is 14.6 Å². The van der Waals surface area contributed by atoms with Crippen LogP contribution in [0.5, 0.6) is 5.75 Å². The van der Waals surface area contributed by atoms with Crippen molar-refractivity contribution < 1.29 is 14.7 Å². The van der Waals surface area contributed by atoms with Gasteiger partial charge in [0.2, 0.25) is 0 Å². The second-order valence-corrected chi connectivity index (χ2v) is 9.56. The van der Waals surface area contributed by atoms with E-state index in [1.807, 2.05) is 4.90 Å². The Kier molecular flexibility index (Phi) is 7.80. The molecule has 0 aliphatic carbocycles. The third kappa shape index (κ3) is 5.39. The Bertz CT molecular complexity index is 1600. The van der Waals surface area contributed by atoms with Crippen LogP contribution in [-0.4, -0.2) is 50.9 Å². The number of carbonyl (C=O) groups is 2. The minimum Gasteiger partial charge on any atom is -0.507 e. The molecule has 1 unspecified atom stereocenters. The first-order valence-corrected chi connectivity index (χ1v) is 13.1. The van der Waals surface area contributed by atoms with Crippen LogP contribution in [0.3, 0.4) is 0 Å². The molecule has 9 nitrogen and oxygen atoms in total. The number of nitriles is 1. The van der Waals surface area contributed by atoms with Gasteiger partial charge in [0.1, 0.15) is 17.4 Å². The molecule has 0 bridgehead atoms. The summed E-state index contributed by atoms with van der Waals surface area (Å²) >= 11 is 0. The molecule has 40 heavy (non-hydrogen) atoms. The summed E-state index contributed by atoms with van der Waals surface area (Å²) in [6, 6.07) is 20.7. The van der Waals surface area contributed by atoms with Crippen LogP contribution < -0.4 is 11.1 Å². The fourth-order valence-electron chi connectivity index (χ4n) is 4.99. The monoisotopic (exact) mass is 532 g/mol. The average Bonchev–Trinajstić information content (AvgIpc) is 3.01. The number of aromatic nitrogens is 2. The lowest BCUT2D eigenvalue weighted by Crippen LogP contribution is -2.47. The Morgan fingerprint density at radius 3 is 2.58 bits per heavy atom. The molecular weight excluding hydrogens is 504 g/mol. The molecule has 0 saturated carbocycles. The molecule has 3 heterocycles. The van der Waals surface area contributed by atoms with Crippen LogP contribution in [0.25, 0.3) is 22.4 Å². The highest BCUT2D eigenvalue weighted by Gasteiger charge is 2.27. The normalized spacial score (nSPS) is 14.8. The van der Waals surface area contributed by atoms with Crippen LogP contribution in [0, 0.1) is 11.3 Å². The second-order valence-electron chi connectivity index (χ2n) is 9.56. The molecule has 2 amide bonds. The molecule has 200 valence electrons. The smallest absolute Gasteiger partial charge is 0.256 e. The van der Waals surface area contributed by atoms with Gasteiger partial charge in [-0.05, 0) is 67.3 Å². The largest absolute Gasteiger partial charge is 0.507 e. The maximum absolute atomic E-state index is 13.5. The number of pyridine rings is 2. The first-order valence-electron chi connectivity index (χ1n) is 13.1. The number of phenols is 1. The molecule has 1 atom stereocenters. The summed E-state index contributed by atoms with van der Waals surface area (Å²) in [6.07, 6.45) is 5.83. The minimum absolute atomic E-state index is 0.000999. The number of carbonyl (C=O) groups excluding carboxylic acids is 2. The molecule has 1 fully saturated rings. The van der Waals surface area contributed by atoms with E-state index in [1.54, 1.807) is 60.7 Å². The van der Waals surface area contributed by atoms with E-state index >= 15 is 0 Å². The fourth-order valence-corrected chi connectivity index (χ4v) is 4.99. The SMILES string of the molecule is N#Cc1c(-c2cccc(C(=O)N3CCCCC3CN)c2)cc(-c2ccccc2O)nc1NC(=O)c1ccncc1. The van der Waals surface area contributed by atoms with Gasteiger partial charge in [0.25, 0.3) is 11.8 Å². The molecule has 1 aliphatic heterocycles. The number of amides is 2. The average molecular weight is 533 g/mol. The van der Waals surface area contributed by atoms with Crippen LogP contribution in [0.2, 0.25) is 0 Å². The predicted octanol–water partition coefficient (Wildman–Crippen LogP) is 4.59. The Balaban J connectivity index is 1.62. The molecule has 4 N–H and O–H groups in total. The van der Waals surface area contributed by atoms with Crippen LogP contribution in [-0.2, 0) is 0 Å². The summed E-state index contributed by atoms with van der Waals surface area (Å²) in [6.45, 7) is 1.05. The number of hydrogen-bond acceptors (Lipinski definition) is 7. The number of nitrogens with zero attached hydrogens (tertiary/aromatic N) is 4. The third-order valence-corrected chi connectivity index (χ3v) is 7.07. The number of para-hydroxylation sites is 1. The lowest BCUT2D eigenvalue weighted by atomic mass is 9.95. The van der Waals surface area contributed by atoms with E-state index in [0.717, 1.165) is 19.3 Å². The van der Waals surface area contributed by atoms with Crippen molar-refractivity contribution in [1.82, 2.24) is 14.9 Å². The van der Waals surface area contributed by atoms with E-state index in [-0.39, 0.29) is 29.1 Å². The van der Waals surface area contributed by atoms with E-state index < -0.39 is 5.91 Å². The highest BCUT2D eigenvalue weighted by molar-refractivity contribution is 6.05. The zero-order chi connectivity index (χ0) is 28.1. The number of hydrogen-bond donors (Lipinski definition) is 3. The van der Waals surface area contributed by atoms with Crippen molar-refractivity contribution in [3.05, 3.63) is 95.8 Å².